The summed E-state index contributed by atoms with van der Waals surface area (Å²) in [6.07, 6.45) is 2.67. The first kappa shape index (κ1) is 15.0. The Labute approximate surface area is 97.0 Å². The third-order valence-corrected chi connectivity index (χ3v) is 3.49. The number of rotatable bonds is 6. The van der Waals surface area contributed by atoms with Gasteiger partial charge in [-0.1, -0.05) is 40.5 Å². The Kier molecular flexibility index (Phi) is 6.51. The van der Waals surface area contributed by atoms with Crippen molar-refractivity contribution in [2.24, 2.45) is 17.8 Å². The molecule has 0 radical (unpaired) electrons. The van der Waals surface area contributed by atoms with Crippen LogP contribution in [0.5, 0.6) is 0 Å². The zero-order chi connectivity index (χ0) is 12.1. The molecule has 0 aliphatic heterocycles. The van der Waals surface area contributed by atoms with E-state index in [9.17, 15) is 0 Å². The SMILES string of the molecule is CCCC(C)C(C)C(C)CNC(C)(C)C. The molecule has 0 aromatic rings. The summed E-state index contributed by atoms with van der Waals surface area (Å²) in [4.78, 5) is 0. The zero-order valence-corrected chi connectivity index (χ0v) is 11.9. The van der Waals surface area contributed by atoms with E-state index in [0.717, 1.165) is 24.3 Å². The average Bonchev–Trinajstić information content (AvgIpc) is 2.12. The van der Waals surface area contributed by atoms with E-state index < -0.39 is 0 Å². The predicted octanol–water partition coefficient (Wildman–Crippen LogP) is 4.08. The van der Waals surface area contributed by atoms with Gasteiger partial charge in [-0.3, -0.25) is 0 Å². The molecular formula is C14H31N. The highest BCUT2D eigenvalue weighted by Crippen LogP contribution is 2.24. The van der Waals surface area contributed by atoms with Crippen LogP contribution < -0.4 is 5.32 Å². The minimum atomic E-state index is 0.252. The molecule has 0 heterocycles. The Morgan fingerprint density at radius 3 is 1.93 bits per heavy atom. The van der Waals surface area contributed by atoms with Crippen molar-refractivity contribution in [1.29, 1.82) is 0 Å². The molecule has 1 heteroatoms. The van der Waals surface area contributed by atoms with Crippen LogP contribution in [-0.2, 0) is 0 Å². The van der Waals surface area contributed by atoms with Crippen LogP contribution in [-0.4, -0.2) is 12.1 Å². The van der Waals surface area contributed by atoms with Crippen molar-refractivity contribution in [3.05, 3.63) is 0 Å². The van der Waals surface area contributed by atoms with E-state index in [2.05, 4.69) is 53.8 Å². The van der Waals surface area contributed by atoms with Crippen molar-refractivity contribution < 1.29 is 0 Å². The van der Waals surface area contributed by atoms with Gasteiger partial charge in [0.25, 0.3) is 0 Å². The molecule has 3 atom stereocenters. The lowest BCUT2D eigenvalue weighted by molar-refractivity contribution is 0.242. The van der Waals surface area contributed by atoms with Crippen LogP contribution in [0, 0.1) is 17.8 Å². The summed E-state index contributed by atoms with van der Waals surface area (Å²) in [6, 6.07) is 0. The summed E-state index contributed by atoms with van der Waals surface area (Å²) in [5.41, 5.74) is 0.252. The van der Waals surface area contributed by atoms with Crippen molar-refractivity contribution in [3.63, 3.8) is 0 Å². The molecule has 0 fully saturated rings. The Morgan fingerprint density at radius 1 is 1.00 bits per heavy atom. The average molecular weight is 213 g/mol. The lowest BCUT2D eigenvalue weighted by Crippen LogP contribution is -2.40. The predicted molar refractivity (Wildman–Crippen MR) is 70.2 cm³/mol. The molecule has 0 saturated heterocycles. The Bertz CT molecular complexity index is 157. The molecule has 1 N–H and O–H groups in total. The summed E-state index contributed by atoms with van der Waals surface area (Å²) in [7, 11) is 0. The first-order valence-electron chi connectivity index (χ1n) is 6.53. The maximum atomic E-state index is 3.60. The minimum absolute atomic E-state index is 0.252. The number of hydrogen-bond donors (Lipinski definition) is 1. The van der Waals surface area contributed by atoms with Crippen LogP contribution in [0.3, 0.4) is 0 Å². The molecule has 0 rings (SSSR count). The largest absolute Gasteiger partial charge is 0.312 e. The Balaban J connectivity index is 3.93. The van der Waals surface area contributed by atoms with E-state index in [0.29, 0.717) is 0 Å². The maximum absolute atomic E-state index is 3.60. The molecule has 0 aliphatic rings. The van der Waals surface area contributed by atoms with Gasteiger partial charge in [-0.05, 0) is 45.1 Å². The van der Waals surface area contributed by atoms with Crippen LogP contribution in [0.25, 0.3) is 0 Å². The zero-order valence-electron chi connectivity index (χ0n) is 11.9. The Morgan fingerprint density at radius 2 is 1.53 bits per heavy atom. The summed E-state index contributed by atoms with van der Waals surface area (Å²) in [5, 5.41) is 3.60. The molecule has 92 valence electrons. The van der Waals surface area contributed by atoms with Gasteiger partial charge >= 0.3 is 0 Å². The molecule has 0 aliphatic carbocycles. The van der Waals surface area contributed by atoms with E-state index in [1.54, 1.807) is 0 Å². The van der Waals surface area contributed by atoms with E-state index in [1.807, 2.05) is 0 Å². The molecule has 0 saturated carbocycles. The van der Waals surface area contributed by atoms with Gasteiger partial charge in [0, 0.05) is 5.54 Å². The first-order chi connectivity index (χ1) is 6.78. The summed E-state index contributed by atoms with van der Waals surface area (Å²) in [6.45, 7) is 17.3. The normalized spacial score (nSPS) is 18.6. The fourth-order valence-corrected chi connectivity index (χ4v) is 1.93. The lowest BCUT2D eigenvalue weighted by atomic mass is 9.82. The maximum Gasteiger partial charge on any atom is 0.00966 e. The summed E-state index contributed by atoms with van der Waals surface area (Å²) >= 11 is 0. The van der Waals surface area contributed by atoms with Gasteiger partial charge in [0.2, 0.25) is 0 Å². The van der Waals surface area contributed by atoms with Crippen molar-refractivity contribution in [2.45, 2.75) is 66.8 Å². The van der Waals surface area contributed by atoms with Crippen LogP contribution in [0.1, 0.15) is 61.3 Å². The van der Waals surface area contributed by atoms with Crippen LogP contribution in [0.15, 0.2) is 0 Å². The van der Waals surface area contributed by atoms with Gasteiger partial charge < -0.3 is 5.32 Å². The second-order valence-electron chi connectivity index (χ2n) is 6.23. The summed E-state index contributed by atoms with van der Waals surface area (Å²) < 4.78 is 0. The molecular weight excluding hydrogens is 182 g/mol. The van der Waals surface area contributed by atoms with Gasteiger partial charge in [0.15, 0.2) is 0 Å². The van der Waals surface area contributed by atoms with Crippen molar-refractivity contribution >= 4 is 0 Å². The highest BCUT2D eigenvalue weighted by molar-refractivity contribution is 4.75. The molecule has 0 spiro atoms. The van der Waals surface area contributed by atoms with E-state index >= 15 is 0 Å². The molecule has 0 bridgehead atoms. The Hall–Kier alpha value is -0.0400. The van der Waals surface area contributed by atoms with Crippen LogP contribution in [0.4, 0.5) is 0 Å². The lowest BCUT2D eigenvalue weighted by Gasteiger charge is -2.29. The van der Waals surface area contributed by atoms with Gasteiger partial charge in [0.1, 0.15) is 0 Å². The van der Waals surface area contributed by atoms with Crippen LogP contribution in [0.2, 0.25) is 0 Å². The van der Waals surface area contributed by atoms with E-state index in [1.165, 1.54) is 12.8 Å². The fourth-order valence-electron chi connectivity index (χ4n) is 1.93. The van der Waals surface area contributed by atoms with Gasteiger partial charge in [-0.2, -0.15) is 0 Å². The van der Waals surface area contributed by atoms with Gasteiger partial charge in [-0.25, -0.2) is 0 Å². The number of nitrogens with one attached hydrogen (secondary N) is 1. The van der Waals surface area contributed by atoms with Crippen molar-refractivity contribution in [2.75, 3.05) is 6.54 Å². The molecule has 3 unspecified atom stereocenters. The third-order valence-electron chi connectivity index (χ3n) is 3.49. The molecule has 0 amide bonds. The highest BCUT2D eigenvalue weighted by atomic mass is 14.9. The summed E-state index contributed by atoms with van der Waals surface area (Å²) in [5.74, 6) is 2.44. The molecule has 0 aromatic carbocycles. The van der Waals surface area contributed by atoms with Crippen molar-refractivity contribution in [1.82, 2.24) is 5.32 Å². The van der Waals surface area contributed by atoms with E-state index in [-0.39, 0.29) is 5.54 Å². The monoisotopic (exact) mass is 213 g/mol. The molecule has 1 nitrogen and oxygen atoms in total. The number of hydrogen-bond acceptors (Lipinski definition) is 1. The van der Waals surface area contributed by atoms with Crippen molar-refractivity contribution in [3.8, 4) is 0 Å². The smallest absolute Gasteiger partial charge is 0.00966 e. The van der Waals surface area contributed by atoms with Gasteiger partial charge in [-0.15, -0.1) is 0 Å². The van der Waals surface area contributed by atoms with Crippen LogP contribution >= 0.6 is 0 Å². The topological polar surface area (TPSA) is 12.0 Å². The third kappa shape index (κ3) is 6.94. The quantitative estimate of drug-likeness (QED) is 0.701. The standard InChI is InChI=1S/C14H31N/c1-8-9-11(2)13(4)12(3)10-15-14(5,6)7/h11-13,15H,8-10H2,1-7H3. The second kappa shape index (κ2) is 6.52. The molecule has 15 heavy (non-hydrogen) atoms. The second-order valence-corrected chi connectivity index (χ2v) is 6.23. The minimum Gasteiger partial charge on any atom is -0.312 e. The van der Waals surface area contributed by atoms with E-state index in [4.69, 9.17) is 0 Å². The molecule has 0 aromatic heterocycles. The fraction of sp³-hybridized carbons (Fsp3) is 1.00. The first-order valence-corrected chi connectivity index (χ1v) is 6.53. The highest BCUT2D eigenvalue weighted by Gasteiger charge is 2.20. The van der Waals surface area contributed by atoms with Gasteiger partial charge in [0.05, 0.1) is 0 Å².